The summed E-state index contributed by atoms with van der Waals surface area (Å²) >= 11 is 1.77. The predicted molar refractivity (Wildman–Crippen MR) is 175 cm³/mol. The lowest BCUT2D eigenvalue weighted by Gasteiger charge is -2.17. The fourth-order valence-electron chi connectivity index (χ4n) is 5.74. The third-order valence-corrected chi connectivity index (χ3v) is 10.9. The lowest BCUT2D eigenvalue weighted by molar-refractivity contribution is -0.119. The highest BCUT2D eigenvalue weighted by molar-refractivity contribution is 8.00. The number of unbranched alkanes of at least 4 members (excludes halogenated alkanes) is 1. The van der Waals surface area contributed by atoms with Gasteiger partial charge in [0.15, 0.2) is 11.5 Å². The SMILES string of the molecule is CCN(CC)CC.[N-]=[N+]=NC1[C@H](n2cnc3c(N)ncnc32)O[C@H](CNS(=O)(=O)NC(=O)CCCC[C@@H]2SC[C@@H]3NC(=O)N[C@@H]32)[C@H]1O. The van der Waals surface area contributed by atoms with Crippen LogP contribution in [0.3, 0.4) is 0 Å². The fourth-order valence-corrected chi connectivity index (χ4v) is 8.14. The number of aliphatic hydroxyl groups is 1. The van der Waals surface area contributed by atoms with Gasteiger partial charge in [0, 0.05) is 28.9 Å². The van der Waals surface area contributed by atoms with E-state index in [2.05, 4.69) is 66.0 Å². The molecule has 0 aliphatic carbocycles. The van der Waals surface area contributed by atoms with E-state index in [9.17, 15) is 23.1 Å². The highest BCUT2D eigenvalue weighted by atomic mass is 32.2. The first-order chi connectivity index (χ1) is 22.5. The van der Waals surface area contributed by atoms with Gasteiger partial charge in [0.05, 0.1) is 24.5 Å². The van der Waals surface area contributed by atoms with Crippen molar-refractivity contribution in [2.75, 3.05) is 37.7 Å². The number of azide groups is 1. The summed E-state index contributed by atoms with van der Waals surface area (Å²) in [4.78, 5) is 41.0. The number of aliphatic hydroxyl groups excluding tert-OH is 1. The summed E-state index contributed by atoms with van der Waals surface area (Å²) in [6.07, 6.45) is 0.950. The zero-order valence-electron chi connectivity index (χ0n) is 26.5. The number of rotatable bonds is 14. The molecule has 5 heterocycles. The van der Waals surface area contributed by atoms with Gasteiger partial charge in [-0.15, -0.1) is 0 Å². The number of imidazole rings is 1. The number of nitrogens with two attached hydrogens (primary N) is 1. The molecule has 7 atom stereocenters. The van der Waals surface area contributed by atoms with Gasteiger partial charge in [-0.25, -0.2) is 24.5 Å². The lowest BCUT2D eigenvalue weighted by Crippen LogP contribution is -2.45. The number of nitrogen functional groups attached to an aromatic ring is 1. The van der Waals surface area contributed by atoms with Crippen molar-refractivity contribution in [3.63, 3.8) is 0 Å². The van der Waals surface area contributed by atoms with Crippen LogP contribution < -0.4 is 25.8 Å². The van der Waals surface area contributed by atoms with E-state index in [0.29, 0.717) is 12.8 Å². The number of carbonyl (C=O) groups is 2. The van der Waals surface area contributed by atoms with Gasteiger partial charge in [-0.2, -0.15) is 24.9 Å². The molecule has 2 aromatic heterocycles. The maximum absolute atomic E-state index is 12.5. The number of hydrogen-bond donors (Lipinski definition) is 6. The Morgan fingerprint density at radius 2 is 2.00 bits per heavy atom. The van der Waals surface area contributed by atoms with Gasteiger partial charge in [-0.1, -0.05) is 32.3 Å². The maximum Gasteiger partial charge on any atom is 0.315 e. The molecule has 3 fully saturated rings. The summed E-state index contributed by atoms with van der Waals surface area (Å²) in [5, 5.41) is 20.4. The van der Waals surface area contributed by atoms with Crippen LogP contribution in [0, 0.1) is 0 Å². The van der Waals surface area contributed by atoms with Crippen molar-refractivity contribution in [2.45, 2.75) is 88.3 Å². The number of thioether (sulfide) groups is 1. The van der Waals surface area contributed by atoms with Crippen LogP contribution >= 0.6 is 11.8 Å². The predicted octanol–water partition coefficient (Wildman–Crippen LogP) is 0.370. The normalized spacial score (nSPS) is 26.7. The van der Waals surface area contributed by atoms with Crippen molar-refractivity contribution in [3.8, 4) is 0 Å². The zero-order chi connectivity index (χ0) is 34.1. The number of nitrogens with one attached hydrogen (secondary N) is 4. The molecule has 2 aromatic rings. The fraction of sp³-hybridized carbons (Fsp3) is 0.731. The summed E-state index contributed by atoms with van der Waals surface area (Å²) in [7, 11) is -4.26. The molecular formula is C26H43N13O6S2. The number of hydrogen-bond acceptors (Lipinski definition) is 13. The number of carbonyl (C=O) groups excluding carboxylic acids is 2. The first-order valence-electron chi connectivity index (χ1n) is 15.5. The van der Waals surface area contributed by atoms with E-state index >= 15 is 0 Å². The molecule has 47 heavy (non-hydrogen) atoms. The van der Waals surface area contributed by atoms with Crippen LogP contribution in [0.1, 0.15) is 52.7 Å². The van der Waals surface area contributed by atoms with E-state index < -0.39 is 47.1 Å². The Morgan fingerprint density at radius 1 is 1.26 bits per heavy atom. The Labute approximate surface area is 277 Å². The Balaban J connectivity index is 0.000000644. The number of nitrogens with zero attached hydrogens (tertiary/aromatic N) is 8. The van der Waals surface area contributed by atoms with E-state index in [1.807, 2.05) is 4.72 Å². The molecule has 260 valence electrons. The largest absolute Gasteiger partial charge is 0.390 e. The molecule has 0 aromatic carbocycles. The monoisotopic (exact) mass is 697 g/mol. The van der Waals surface area contributed by atoms with Crippen molar-refractivity contribution in [3.05, 3.63) is 23.1 Å². The van der Waals surface area contributed by atoms with Crippen LogP contribution in [-0.4, -0.2) is 117 Å². The van der Waals surface area contributed by atoms with Crippen molar-refractivity contribution in [2.24, 2.45) is 5.11 Å². The van der Waals surface area contributed by atoms with Crippen LogP contribution in [0.15, 0.2) is 17.8 Å². The lowest BCUT2D eigenvalue weighted by atomic mass is 10.0. The van der Waals surface area contributed by atoms with Gasteiger partial charge in [0.2, 0.25) is 5.91 Å². The van der Waals surface area contributed by atoms with Gasteiger partial charge in [-0.05, 0) is 38.0 Å². The summed E-state index contributed by atoms with van der Waals surface area (Å²) in [6.45, 7) is 9.71. The zero-order valence-corrected chi connectivity index (χ0v) is 28.2. The molecule has 21 heteroatoms. The molecule has 0 bridgehead atoms. The van der Waals surface area contributed by atoms with Crippen LogP contribution in [0.4, 0.5) is 10.6 Å². The number of fused-ring (bicyclic) bond motifs is 2. The van der Waals surface area contributed by atoms with Gasteiger partial charge >= 0.3 is 16.2 Å². The second kappa shape index (κ2) is 16.6. The average Bonchev–Trinajstić information content (AvgIpc) is 3.80. The van der Waals surface area contributed by atoms with Crippen molar-refractivity contribution in [1.29, 1.82) is 0 Å². The Kier molecular flexibility index (Phi) is 12.8. The molecule has 3 aliphatic heterocycles. The molecule has 0 radical (unpaired) electrons. The molecule has 3 saturated heterocycles. The third-order valence-electron chi connectivity index (χ3n) is 8.33. The molecule has 0 saturated carbocycles. The quantitative estimate of drug-likeness (QED) is 0.0514. The van der Waals surface area contributed by atoms with Crippen molar-refractivity contribution < 1.29 is 27.9 Å². The van der Waals surface area contributed by atoms with E-state index in [1.54, 1.807) is 11.8 Å². The van der Waals surface area contributed by atoms with Crippen molar-refractivity contribution >= 4 is 50.9 Å². The minimum atomic E-state index is -4.26. The molecule has 3 aliphatic rings. The topological polar surface area (TPSA) is 267 Å². The van der Waals surface area contributed by atoms with E-state index in [-0.39, 0.29) is 46.8 Å². The minimum Gasteiger partial charge on any atom is -0.390 e. The number of aromatic nitrogens is 4. The molecule has 3 amide bonds. The van der Waals surface area contributed by atoms with Gasteiger partial charge < -0.3 is 31.1 Å². The summed E-state index contributed by atoms with van der Waals surface area (Å²) in [5.74, 6) is 0.276. The highest BCUT2D eigenvalue weighted by Gasteiger charge is 2.45. The van der Waals surface area contributed by atoms with Gasteiger partial charge in [0.25, 0.3) is 0 Å². The summed E-state index contributed by atoms with van der Waals surface area (Å²) in [5.41, 5.74) is 15.4. The van der Waals surface area contributed by atoms with Crippen molar-refractivity contribution in [1.82, 2.24) is 44.5 Å². The Bertz CT molecular complexity index is 1530. The van der Waals surface area contributed by atoms with Crippen LogP contribution in [-0.2, 0) is 19.7 Å². The first kappa shape index (κ1) is 36.4. The van der Waals surface area contributed by atoms with Gasteiger partial charge in [0.1, 0.15) is 30.2 Å². The Morgan fingerprint density at radius 3 is 2.68 bits per heavy atom. The van der Waals surface area contributed by atoms with E-state index in [0.717, 1.165) is 12.2 Å². The first-order valence-corrected chi connectivity index (χ1v) is 18.1. The standard InChI is InChI=1S/C20H28N12O6S2.C6H15N/c21-17-15-18(24-7-23-17)32(8-25-15)19-14(29-31-22)16(34)10(38-19)5-26-40(36,37)30-12(33)4-2-1-3-11-13-9(6-39-11)27-20(35)28-13;1-4-7(5-2)6-3/h7-11,13-14,16,19,26,34H,1-6H2,(H,30,33)(H2,21,23,24)(H2,27,28,35);4-6H2,1-3H3/t9-,10+,11-,13-,14?,16+,19+;/m0./s1. The number of ether oxygens (including phenoxy) is 1. The van der Waals surface area contributed by atoms with Crippen LogP contribution in [0.2, 0.25) is 0 Å². The summed E-state index contributed by atoms with van der Waals surface area (Å²) in [6, 6.07) is -1.11. The summed E-state index contributed by atoms with van der Waals surface area (Å²) < 4.78 is 36.3. The number of anilines is 1. The number of urea groups is 1. The molecule has 7 N–H and O–H groups in total. The van der Waals surface area contributed by atoms with Gasteiger partial charge in [-0.3, -0.25) is 9.36 Å². The highest BCUT2D eigenvalue weighted by Crippen LogP contribution is 2.35. The second-order valence-corrected chi connectivity index (χ2v) is 14.0. The molecule has 5 rings (SSSR count). The number of amides is 3. The Hall–Kier alpha value is -3.46. The second-order valence-electron chi connectivity index (χ2n) is 11.2. The molecule has 19 nitrogen and oxygen atoms in total. The maximum atomic E-state index is 12.5. The molecule has 1 unspecified atom stereocenters. The van der Waals surface area contributed by atoms with Crippen LogP contribution in [0.25, 0.3) is 21.6 Å². The minimum absolute atomic E-state index is 0.000716. The smallest absolute Gasteiger partial charge is 0.315 e. The molecule has 0 spiro atoms. The average molecular weight is 698 g/mol. The van der Waals surface area contributed by atoms with E-state index in [1.165, 1.54) is 36.9 Å². The molecular weight excluding hydrogens is 655 g/mol. The third kappa shape index (κ3) is 9.12. The van der Waals surface area contributed by atoms with Crippen LogP contribution in [0.5, 0.6) is 0 Å². The van der Waals surface area contributed by atoms with E-state index in [4.69, 9.17) is 16.0 Å².